The highest BCUT2D eigenvalue weighted by molar-refractivity contribution is 5.42. The fraction of sp³-hybridized carbons (Fsp3) is 0.400. The molecule has 0 aliphatic carbocycles. The predicted molar refractivity (Wildman–Crippen MR) is 76.7 cm³/mol. The van der Waals surface area contributed by atoms with Crippen molar-refractivity contribution in [1.82, 2.24) is 9.55 Å². The van der Waals surface area contributed by atoms with E-state index in [2.05, 4.69) is 10.3 Å². The first kappa shape index (κ1) is 15.4. The van der Waals surface area contributed by atoms with E-state index in [9.17, 15) is 13.2 Å². The van der Waals surface area contributed by atoms with Crippen molar-refractivity contribution < 1.29 is 13.2 Å². The van der Waals surface area contributed by atoms with Crippen LogP contribution in [0.5, 0.6) is 0 Å². The van der Waals surface area contributed by atoms with Crippen LogP contribution in [-0.4, -0.2) is 22.3 Å². The van der Waals surface area contributed by atoms with Crippen LogP contribution in [0.4, 0.5) is 19.1 Å². The Morgan fingerprint density at radius 2 is 1.86 bits per heavy atom. The van der Waals surface area contributed by atoms with E-state index in [0.717, 1.165) is 11.4 Å². The predicted octanol–water partition coefficient (Wildman–Crippen LogP) is 4.33. The molecular weight excluding hydrogens is 279 g/mol. The van der Waals surface area contributed by atoms with Gasteiger partial charge in [-0.1, -0.05) is 18.2 Å². The summed E-state index contributed by atoms with van der Waals surface area (Å²) in [4.78, 5) is 4.36. The average molecular weight is 297 g/mol. The molecule has 0 saturated carbocycles. The average Bonchev–Trinajstić information content (AvgIpc) is 2.79. The number of nitrogens with zero attached hydrogens (tertiary/aromatic N) is 2. The zero-order valence-electron chi connectivity index (χ0n) is 11.8. The van der Waals surface area contributed by atoms with Crippen LogP contribution in [0.2, 0.25) is 0 Å². The number of hydrogen-bond donors (Lipinski definition) is 1. The van der Waals surface area contributed by atoms with E-state index in [4.69, 9.17) is 0 Å². The Morgan fingerprint density at radius 3 is 2.52 bits per heavy atom. The number of imidazole rings is 1. The third kappa shape index (κ3) is 4.81. The molecule has 1 aromatic heterocycles. The van der Waals surface area contributed by atoms with E-state index in [0.29, 0.717) is 18.9 Å². The Labute approximate surface area is 121 Å². The number of nitrogens with one attached hydrogen (secondary N) is 1. The highest BCUT2D eigenvalue weighted by atomic mass is 19.4. The van der Waals surface area contributed by atoms with Gasteiger partial charge in [-0.25, -0.2) is 4.98 Å². The maximum Gasteiger partial charge on any atom is 0.389 e. The van der Waals surface area contributed by atoms with E-state index in [-0.39, 0.29) is 6.42 Å². The summed E-state index contributed by atoms with van der Waals surface area (Å²) in [5, 5.41) is 3.10. The Bertz CT molecular complexity index is 561. The van der Waals surface area contributed by atoms with Gasteiger partial charge in [0.05, 0.1) is 5.69 Å². The lowest BCUT2D eigenvalue weighted by Gasteiger charge is -2.10. The van der Waals surface area contributed by atoms with Crippen LogP contribution >= 0.6 is 0 Å². The molecule has 0 aliphatic rings. The summed E-state index contributed by atoms with van der Waals surface area (Å²) in [6.07, 6.45) is -2.32. The summed E-state index contributed by atoms with van der Waals surface area (Å²) in [6.45, 7) is 2.35. The first-order chi connectivity index (χ1) is 9.96. The summed E-state index contributed by atoms with van der Waals surface area (Å²) in [6, 6.07) is 9.69. The fourth-order valence-electron chi connectivity index (χ4n) is 2.06. The van der Waals surface area contributed by atoms with Crippen LogP contribution in [0.15, 0.2) is 36.5 Å². The largest absolute Gasteiger partial charge is 0.389 e. The lowest BCUT2D eigenvalue weighted by atomic mass is 10.2. The molecule has 0 spiro atoms. The summed E-state index contributed by atoms with van der Waals surface area (Å²) < 4.78 is 38.1. The number of para-hydroxylation sites is 1. The quantitative estimate of drug-likeness (QED) is 0.804. The Hall–Kier alpha value is -1.98. The number of halogens is 3. The second kappa shape index (κ2) is 6.65. The molecule has 1 N–H and O–H groups in total. The van der Waals surface area contributed by atoms with E-state index in [1.807, 2.05) is 48.0 Å². The van der Waals surface area contributed by atoms with Crippen molar-refractivity contribution in [3.63, 3.8) is 0 Å². The minimum absolute atomic E-state index is 0.127. The van der Waals surface area contributed by atoms with E-state index in [1.54, 1.807) is 0 Å². The van der Waals surface area contributed by atoms with E-state index in [1.165, 1.54) is 0 Å². The Kier molecular flexibility index (Phi) is 4.88. The van der Waals surface area contributed by atoms with Gasteiger partial charge in [-0.2, -0.15) is 13.2 Å². The van der Waals surface area contributed by atoms with E-state index >= 15 is 0 Å². The Morgan fingerprint density at radius 1 is 1.14 bits per heavy atom. The smallest absolute Gasteiger partial charge is 0.355 e. The molecule has 0 fully saturated rings. The summed E-state index contributed by atoms with van der Waals surface area (Å²) >= 11 is 0. The maximum atomic E-state index is 12.1. The highest BCUT2D eigenvalue weighted by Gasteiger charge is 2.25. The molecule has 0 unspecified atom stereocenters. The lowest BCUT2D eigenvalue weighted by Crippen LogP contribution is -2.10. The molecule has 1 aromatic carbocycles. The minimum atomic E-state index is -4.07. The van der Waals surface area contributed by atoms with Crippen molar-refractivity contribution in [2.45, 2.75) is 32.4 Å². The molecule has 114 valence electrons. The van der Waals surface area contributed by atoms with Crippen LogP contribution in [0.1, 0.15) is 25.0 Å². The van der Waals surface area contributed by atoms with Crippen molar-refractivity contribution in [2.75, 3.05) is 11.9 Å². The van der Waals surface area contributed by atoms with E-state index < -0.39 is 12.6 Å². The van der Waals surface area contributed by atoms with Gasteiger partial charge in [0.2, 0.25) is 5.95 Å². The van der Waals surface area contributed by atoms with Crippen LogP contribution in [0.3, 0.4) is 0 Å². The van der Waals surface area contributed by atoms with Crippen LogP contribution < -0.4 is 5.32 Å². The fourth-order valence-corrected chi connectivity index (χ4v) is 2.06. The molecule has 2 rings (SSSR count). The number of benzene rings is 1. The number of hydrogen-bond acceptors (Lipinski definition) is 2. The first-order valence-corrected chi connectivity index (χ1v) is 6.88. The molecule has 6 heteroatoms. The molecule has 0 amide bonds. The molecule has 3 nitrogen and oxygen atoms in total. The molecule has 0 bridgehead atoms. The van der Waals surface area contributed by atoms with Gasteiger partial charge < -0.3 is 5.32 Å². The minimum Gasteiger partial charge on any atom is -0.355 e. The maximum absolute atomic E-state index is 12.1. The monoisotopic (exact) mass is 297 g/mol. The number of anilines is 1. The number of aryl methyl sites for hydroxylation is 1. The molecule has 0 atom stereocenters. The Balaban J connectivity index is 1.92. The number of unbranched alkanes of at least 4 members (excludes halogenated alkanes) is 1. The van der Waals surface area contributed by atoms with Gasteiger partial charge in [0.1, 0.15) is 0 Å². The molecule has 21 heavy (non-hydrogen) atoms. The molecule has 0 radical (unpaired) electrons. The zero-order chi connectivity index (χ0) is 15.3. The molecule has 0 saturated heterocycles. The number of alkyl halides is 3. The SMILES string of the molecule is Cc1cn(-c2ccccc2)c(NCCCCC(F)(F)F)n1. The summed E-state index contributed by atoms with van der Waals surface area (Å²) in [5.41, 5.74) is 1.83. The van der Waals surface area contributed by atoms with Gasteiger partial charge >= 0.3 is 6.18 Å². The van der Waals surface area contributed by atoms with Gasteiger partial charge in [-0.15, -0.1) is 0 Å². The first-order valence-electron chi connectivity index (χ1n) is 6.88. The molecule has 0 aliphatic heterocycles. The standard InChI is InChI=1S/C15H18F3N3/c1-12-11-21(13-7-3-2-4-8-13)14(20-12)19-10-6-5-9-15(16,17)18/h2-4,7-8,11H,5-6,9-10H2,1H3,(H,19,20). The molecule has 2 aromatic rings. The van der Waals surface area contributed by atoms with Crippen LogP contribution in [-0.2, 0) is 0 Å². The second-order valence-electron chi connectivity index (χ2n) is 4.91. The third-order valence-corrected chi connectivity index (χ3v) is 3.03. The highest BCUT2D eigenvalue weighted by Crippen LogP contribution is 2.22. The van der Waals surface area contributed by atoms with Gasteiger partial charge in [-0.05, 0) is 31.9 Å². The molecular formula is C15H18F3N3. The normalized spacial score (nSPS) is 11.6. The zero-order valence-corrected chi connectivity index (χ0v) is 11.8. The van der Waals surface area contributed by atoms with Crippen LogP contribution in [0.25, 0.3) is 5.69 Å². The number of rotatable bonds is 6. The van der Waals surface area contributed by atoms with Crippen molar-refractivity contribution in [2.24, 2.45) is 0 Å². The van der Waals surface area contributed by atoms with Gasteiger partial charge in [0.15, 0.2) is 0 Å². The molecule has 1 heterocycles. The van der Waals surface area contributed by atoms with Gasteiger partial charge in [0, 0.05) is 24.8 Å². The van der Waals surface area contributed by atoms with Crippen molar-refractivity contribution >= 4 is 5.95 Å². The van der Waals surface area contributed by atoms with Crippen molar-refractivity contribution in [1.29, 1.82) is 0 Å². The van der Waals surface area contributed by atoms with Crippen molar-refractivity contribution in [3.05, 3.63) is 42.2 Å². The summed E-state index contributed by atoms with van der Waals surface area (Å²) in [7, 11) is 0. The van der Waals surface area contributed by atoms with Crippen molar-refractivity contribution in [3.8, 4) is 5.69 Å². The number of aromatic nitrogens is 2. The summed E-state index contributed by atoms with van der Waals surface area (Å²) in [5.74, 6) is 0.658. The van der Waals surface area contributed by atoms with Gasteiger partial charge in [0.25, 0.3) is 0 Å². The van der Waals surface area contributed by atoms with Crippen LogP contribution in [0, 0.1) is 6.92 Å². The topological polar surface area (TPSA) is 29.9 Å². The van der Waals surface area contributed by atoms with Gasteiger partial charge in [-0.3, -0.25) is 4.57 Å². The second-order valence-corrected chi connectivity index (χ2v) is 4.91. The third-order valence-electron chi connectivity index (χ3n) is 3.03. The lowest BCUT2D eigenvalue weighted by molar-refractivity contribution is -0.135.